The van der Waals surface area contributed by atoms with Crippen molar-refractivity contribution in [2.45, 2.75) is 104 Å². The van der Waals surface area contributed by atoms with E-state index in [2.05, 4.69) is 27.7 Å². The number of rotatable bonds is 20. The molecule has 33 heavy (non-hydrogen) atoms. The lowest BCUT2D eigenvalue weighted by molar-refractivity contribution is -0.146. The monoisotopic (exact) mass is 487 g/mol. The van der Waals surface area contributed by atoms with Gasteiger partial charge in [0, 0.05) is 31.5 Å². The first kappa shape index (κ1) is 31.8. The molecule has 194 valence electrons. The Kier molecular flexibility index (Phi) is 19.4. The summed E-state index contributed by atoms with van der Waals surface area (Å²) < 4.78 is 11.1. The summed E-state index contributed by atoms with van der Waals surface area (Å²) in [6.07, 6.45) is 9.34. The lowest BCUT2D eigenvalue weighted by Gasteiger charge is -2.19. The van der Waals surface area contributed by atoms with Crippen LogP contribution in [0.5, 0.6) is 0 Å². The van der Waals surface area contributed by atoms with E-state index in [1.54, 1.807) is 19.0 Å². The summed E-state index contributed by atoms with van der Waals surface area (Å²) in [6, 6.07) is 0. The SMILES string of the molecule is CCCCC(CC)COC(=O)CC(CC(=O)OCC(CC)CCCC)SCCC(=O)N(C)C. The highest BCUT2D eigenvalue weighted by atomic mass is 32.2. The number of hydrogen-bond donors (Lipinski definition) is 0. The summed E-state index contributed by atoms with van der Waals surface area (Å²) in [7, 11) is 3.45. The largest absolute Gasteiger partial charge is 0.465 e. The molecule has 0 aromatic rings. The van der Waals surface area contributed by atoms with Gasteiger partial charge in [-0.15, -0.1) is 0 Å². The molecule has 0 saturated heterocycles. The maximum Gasteiger partial charge on any atom is 0.306 e. The molecule has 2 unspecified atom stereocenters. The molecule has 0 aromatic heterocycles. The van der Waals surface area contributed by atoms with Gasteiger partial charge < -0.3 is 14.4 Å². The third-order valence-corrected chi connectivity index (χ3v) is 7.25. The zero-order chi connectivity index (χ0) is 25.1. The van der Waals surface area contributed by atoms with Gasteiger partial charge in [-0.3, -0.25) is 14.4 Å². The predicted molar refractivity (Wildman–Crippen MR) is 137 cm³/mol. The van der Waals surface area contributed by atoms with Crippen LogP contribution in [-0.2, 0) is 23.9 Å². The lowest BCUT2D eigenvalue weighted by atomic mass is 10.0. The Morgan fingerprint density at radius 1 is 0.788 bits per heavy atom. The smallest absolute Gasteiger partial charge is 0.306 e. The number of carbonyl (C=O) groups is 3. The van der Waals surface area contributed by atoms with Crippen molar-refractivity contribution >= 4 is 29.6 Å². The maximum absolute atomic E-state index is 12.5. The Balaban J connectivity index is 4.76. The van der Waals surface area contributed by atoms with Gasteiger partial charge in [0.25, 0.3) is 0 Å². The Hall–Kier alpha value is -1.24. The Bertz CT molecular complexity index is 507. The molecule has 2 atom stereocenters. The van der Waals surface area contributed by atoms with Crippen LogP contribution < -0.4 is 0 Å². The van der Waals surface area contributed by atoms with Crippen LogP contribution in [0.2, 0.25) is 0 Å². The van der Waals surface area contributed by atoms with Crippen molar-refractivity contribution in [1.82, 2.24) is 4.90 Å². The molecule has 6 nitrogen and oxygen atoms in total. The summed E-state index contributed by atoms with van der Waals surface area (Å²) in [5.74, 6) is 0.820. The minimum Gasteiger partial charge on any atom is -0.465 e. The summed E-state index contributed by atoms with van der Waals surface area (Å²) in [5, 5.41) is -0.244. The van der Waals surface area contributed by atoms with E-state index in [-0.39, 0.29) is 35.9 Å². The van der Waals surface area contributed by atoms with Gasteiger partial charge in [-0.2, -0.15) is 11.8 Å². The number of amides is 1. The molecule has 0 spiro atoms. The van der Waals surface area contributed by atoms with E-state index in [0.717, 1.165) is 51.4 Å². The van der Waals surface area contributed by atoms with Gasteiger partial charge >= 0.3 is 11.9 Å². The quantitative estimate of drug-likeness (QED) is 0.200. The number of nitrogens with zero attached hydrogens (tertiary/aromatic N) is 1. The number of hydrogen-bond acceptors (Lipinski definition) is 6. The minimum atomic E-state index is -0.274. The van der Waals surface area contributed by atoms with Crippen molar-refractivity contribution in [3.8, 4) is 0 Å². The van der Waals surface area contributed by atoms with Gasteiger partial charge in [-0.25, -0.2) is 0 Å². The Morgan fingerprint density at radius 3 is 1.61 bits per heavy atom. The Morgan fingerprint density at radius 2 is 1.24 bits per heavy atom. The van der Waals surface area contributed by atoms with Gasteiger partial charge in [-0.1, -0.05) is 66.2 Å². The van der Waals surface area contributed by atoms with Crippen LogP contribution in [-0.4, -0.2) is 61.1 Å². The highest BCUT2D eigenvalue weighted by Gasteiger charge is 2.22. The lowest BCUT2D eigenvalue weighted by Crippen LogP contribution is -2.24. The molecular weight excluding hydrogens is 438 g/mol. The highest BCUT2D eigenvalue weighted by Crippen LogP contribution is 2.22. The second kappa shape index (κ2) is 20.2. The van der Waals surface area contributed by atoms with Gasteiger partial charge in [-0.05, 0) is 24.7 Å². The third kappa shape index (κ3) is 16.9. The average molecular weight is 488 g/mol. The van der Waals surface area contributed by atoms with Crippen molar-refractivity contribution in [3.63, 3.8) is 0 Å². The van der Waals surface area contributed by atoms with Crippen LogP contribution in [0.15, 0.2) is 0 Å². The normalized spacial score (nSPS) is 13.8. The molecule has 0 N–H and O–H groups in total. The summed E-state index contributed by atoms with van der Waals surface area (Å²) in [5.41, 5.74) is 0. The first-order valence-electron chi connectivity index (χ1n) is 12.9. The minimum absolute atomic E-state index is 0.0369. The molecule has 0 aliphatic rings. The zero-order valence-corrected chi connectivity index (χ0v) is 22.8. The van der Waals surface area contributed by atoms with E-state index in [4.69, 9.17) is 9.47 Å². The van der Waals surface area contributed by atoms with Crippen LogP contribution in [0.1, 0.15) is 98.3 Å². The van der Waals surface area contributed by atoms with Crippen molar-refractivity contribution in [1.29, 1.82) is 0 Å². The fourth-order valence-corrected chi connectivity index (χ4v) is 4.57. The standard InChI is InChI=1S/C26H49NO5S/c1-7-11-13-21(9-3)19-31-25(29)17-23(33-16-15-24(28)27(5)6)18-26(30)32-20-22(10-4)14-12-8-2/h21-23H,7-20H2,1-6H3. The summed E-state index contributed by atoms with van der Waals surface area (Å²) in [4.78, 5) is 38.5. The van der Waals surface area contributed by atoms with Crippen LogP contribution >= 0.6 is 11.8 Å². The second-order valence-electron chi connectivity index (χ2n) is 9.14. The molecule has 1 amide bonds. The van der Waals surface area contributed by atoms with Crippen molar-refractivity contribution in [2.75, 3.05) is 33.1 Å². The summed E-state index contributed by atoms with van der Waals surface area (Å²) >= 11 is 1.48. The first-order chi connectivity index (χ1) is 15.8. The molecular formula is C26H49NO5S. The molecule has 0 fully saturated rings. The van der Waals surface area contributed by atoms with E-state index >= 15 is 0 Å². The van der Waals surface area contributed by atoms with E-state index in [1.165, 1.54) is 11.8 Å². The molecule has 0 aliphatic carbocycles. The van der Waals surface area contributed by atoms with Crippen LogP contribution in [0.4, 0.5) is 0 Å². The van der Waals surface area contributed by atoms with Crippen molar-refractivity contribution in [3.05, 3.63) is 0 Å². The number of esters is 2. The van der Waals surface area contributed by atoms with E-state index in [9.17, 15) is 14.4 Å². The maximum atomic E-state index is 12.5. The zero-order valence-electron chi connectivity index (χ0n) is 22.0. The molecule has 0 radical (unpaired) electrons. The highest BCUT2D eigenvalue weighted by molar-refractivity contribution is 7.99. The van der Waals surface area contributed by atoms with E-state index in [0.29, 0.717) is 37.2 Å². The molecule has 0 aromatic carbocycles. The molecule has 7 heteroatoms. The topological polar surface area (TPSA) is 72.9 Å². The fraction of sp³-hybridized carbons (Fsp3) is 0.885. The van der Waals surface area contributed by atoms with Gasteiger partial charge in [0.1, 0.15) is 0 Å². The molecule has 0 bridgehead atoms. The Labute approximate surface area is 206 Å². The molecule has 0 aliphatic heterocycles. The van der Waals surface area contributed by atoms with Gasteiger partial charge in [0.15, 0.2) is 0 Å². The van der Waals surface area contributed by atoms with Crippen LogP contribution in [0, 0.1) is 11.8 Å². The first-order valence-corrected chi connectivity index (χ1v) is 13.9. The van der Waals surface area contributed by atoms with Gasteiger partial charge in [0.05, 0.1) is 26.1 Å². The van der Waals surface area contributed by atoms with Crippen LogP contribution in [0.25, 0.3) is 0 Å². The third-order valence-electron chi connectivity index (χ3n) is 6.00. The second-order valence-corrected chi connectivity index (χ2v) is 10.5. The van der Waals surface area contributed by atoms with E-state index < -0.39 is 0 Å². The number of unbranched alkanes of at least 4 members (excludes halogenated alkanes) is 2. The van der Waals surface area contributed by atoms with Gasteiger partial charge in [0.2, 0.25) is 5.91 Å². The number of ether oxygens (including phenoxy) is 2. The van der Waals surface area contributed by atoms with Crippen LogP contribution in [0.3, 0.4) is 0 Å². The van der Waals surface area contributed by atoms with E-state index in [1.807, 2.05) is 0 Å². The number of carbonyl (C=O) groups excluding carboxylic acids is 3. The van der Waals surface area contributed by atoms with Crippen molar-refractivity contribution in [2.24, 2.45) is 11.8 Å². The molecule has 0 rings (SSSR count). The molecule has 0 heterocycles. The molecule has 0 saturated carbocycles. The number of thioether (sulfide) groups is 1. The summed E-state index contributed by atoms with van der Waals surface area (Å²) in [6.45, 7) is 9.43. The van der Waals surface area contributed by atoms with Crippen molar-refractivity contribution < 1.29 is 23.9 Å². The average Bonchev–Trinajstić information content (AvgIpc) is 2.79. The fourth-order valence-electron chi connectivity index (χ4n) is 3.43. The predicted octanol–water partition coefficient (Wildman–Crippen LogP) is 5.87.